The number of anilines is 1. The van der Waals surface area contributed by atoms with Crippen molar-refractivity contribution in [2.24, 2.45) is 0 Å². The summed E-state index contributed by atoms with van der Waals surface area (Å²) in [5.74, 6) is 1.60. The SMILES string of the molecule is Cc1ccc([C@@H]2OCCC[C@H]2Nc2ccc3nnc(C)n3n2)cc1. The fraction of sp³-hybridized carbons (Fsp3) is 0.389. The maximum absolute atomic E-state index is 6.06. The van der Waals surface area contributed by atoms with Crippen molar-refractivity contribution in [3.8, 4) is 0 Å². The highest BCUT2D eigenvalue weighted by molar-refractivity contribution is 5.45. The van der Waals surface area contributed by atoms with Gasteiger partial charge in [0.2, 0.25) is 0 Å². The summed E-state index contributed by atoms with van der Waals surface area (Å²) in [4.78, 5) is 0. The Bertz CT molecular complexity index is 842. The molecule has 3 aromatic rings. The van der Waals surface area contributed by atoms with Crippen molar-refractivity contribution < 1.29 is 4.74 Å². The highest BCUT2D eigenvalue weighted by Crippen LogP contribution is 2.30. The molecule has 0 saturated carbocycles. The van der Waals surface area contributed by atoms with E-state index in [1.165, 1.54) is 11.1 Å². The van der Waals surface area contributed by atoms with E-state index in [9.17, 15) is 0 Å². The van der Waals surface area contributed by atoms with Gasteiger partial charge in [-0.15, -0.1) is 15.3 Å². The standard InChI is InChI=1S/C18H21N5O/c1-12-5-7-14(8-6-12)18-15(4-3-11-24-18)19-16-9-10-17-21-20-13(2)23(17)22-16/h5-10,15,18H,3-4,11H2,1-2H3,(H,19,22)/t15-,18+/m1/s1. The number of hydrogen-bond donors (Lipinski definition) is 1. The Labute approximate surface area is 140 Å². The van der Waals surface area contributed by atoms with Crippen LogP contribution in [0, 0.1) is 13.8 Å². The lowest BCUT2D eigenvalue weighted by Gasteiger charge is -2.33. The molecule has 1 fully saturated rings. The van der Waals surface area contributed by atoms with Gasteiger partial charge in [-0.1, -0.05) is 29.8 Å². The number of hydrogen-bond acceptors (Lipinski definition) is 5. The van der Waals surface area contributed by atoms with Crippen molar-refractivity contribution in [1.82, 2.24) is 19.8 Å². The van der Waals surface area contributed by atoms with Crippen LogP contribution in [0.1, 0.15) is 35.9 Å². The predicted octanol–water partition coefficient (Wildman–Crippen LogP) is 3.07. The molecule has 6 heteroatoms. The summed E-state index contributed by atoms with van der Waals surface area (Å²) in [6, 6.07) is 12.7. The third-order valence-corrected chi connectivity index (χ3v) is 4.48. The molecule has 1 saturated heterocycles. The Morgan fingerprint density at radius 1 is 1.08 bits per heavy atom. The Hall–Kier alpha value is -2.47. The van der Waals surface area contributed by atoms with Crippen LogP contribution in [0.25, 0.3) is 5.65 Å². The quantitative estimate of drug-likeness (QED) is 0.802. The normalized spacial score (nSPS) is 21.1. The molecule has 1 N–H and O–H groups in total. The highest BCUT2D eigenvalue weighted by atomic mass is 16.5. The summed E-state index contributed by atoms with van der Waals surface area (Å²) < 4.78 is 7.82. The van der Waals surface area contributed by atoms with Gasteiger partial charge >= 0.3 is 0 Å². The first-order valence-corrected chi connectivity index (χ1v) is 8.34. The minimum atomic E-state index is 0.0406. The van der Waals surface area contributed by atoms with Gasteiger partial charge in [-0.3, -0.25) is 0 Å². The van der Waals surface area contributed by atoms with Crippen LogP contribution in [0.15, 0.2) is 36.4 Å². The molecular formula is C18H21N5O. The van der Waals surface area contributed by atoms with Crippen LogP contribution in [-0.4, -0.2) is 32.5 Å². The number of benzene rings is 1. The van der Waals surface area contributed by atoms with Crippen molar-refractivity contribution in [2.75, 3.05) is 11.9 Å². The van der Waals surface area contributed by atoms with Crippen LogP contribution in [0.2, 0.25) is 0 Å². The van der Waals surface area contributed by atoms with Gasteiger partial charge in [-0.25, -0.2) is 0 Å². The summed E-state index contributed by atoms with van der Waals surface area (Å²) in [6.45, 7) is 4.80. The summed E-state index contributed by atoms with van der Waals surface area (Å²) in [7, 11) is 0. The van der Waals surface area contributed by atoms with Crippen molar-refractivity contribution in [1.29, 1.82) is 0 Å². The van der Waals surface area contributed by atoms with E-state index in [0.717, 1.165) is 36.7 Å². The monoisotopic (exact) mass is 323 g/mol. The molecule has 4 rings (SSSR count). The van der Waals surface area contributed by atoms with Crippen molar-refractivity contribution in [2.45, 2.75) is 38.8 Å². The van der Waals surface area contributed by atoms with E-state index in [-0.39, 0.29) is 12.1 Å². The molecule has 1 aliphatic heterocycles. The fourth-order valence-corrected chi connectivity index (χ4v) is 3.18. The lowest BCUT2D eigenvalue weighted by atomic mass is 9.95. The van der Waals surface area contributed by atoms with E-state index in [1.54, 1.807) is 4.52 Å². The molecule has 6 nitrogen and oxygen atoms in total. The van der Waals surface area contributed by atoms with Gasteiger partial charge < -0.3 is 10.1 Å². The molecular weight excluding hydrogens is 302 g/mol. The highest BCUT2D eigenvalue weighted by Gasteiger charge is 2.27. The average molecular weight is 323 g/mol. The second-order valence-electron chi connectivity index (χ2n) is 6.33. The topological polar surface area (TPSA) is 64.3 Å². The number of ether oxygens (including phenoxy) is 1. The molecule has 124 valence electrons. The first-order valence-electron chi connectivity index (χ1n) is 8.34. The smallest absolute Gasteiger partial charge is 0.178 e. The molecule has 1 aliphatic rings. The largest absolute Gasteiger partial charge is 0.371 e. The van der Waals surface area contributed by atoms with Crippen LogP contribution < -0.4 is 5.32 Å². The summed E-state index contributed by atoms with van der Waals surface area (Å²) >= 11 is 0. The van der Waals surface area contributed by atoms with Gasteiger partial charge in [-0.2, -0.15) is 4.52 Å². The molecule has 0 bridgehead atoms. The van der Waals surface area contributed by atoms with E-state index < -0.39 is 0 Å². The fourth-order valence-electron chi connectivity index (χ4n) is 3.18. The van der Waals surface area contributed by atoms with Crippen molar-refractivity contribution in [3.05, 3.63) is 53.3 Å². The Morgan fingerprint density at radius 3 is 2.75 bits per heavy atom. The van der Waals surface area contributed by atoms with E-state index in [1.807, 2.05) is 19.1 Å². The minimum Gasteiger partial charge on any atom is -0.371 e. The molecule has 3 heterocycles. The lowest BCUT2D eigenvalue weighted by molar-refractivity contribution is 0.00553. The molecule has 2 aromatic heterocycles. The Morgan fingerprint density at radius 2 is 1.92 bits per heavy atom. The molecule has 0 spiro atoms. The Kier molecular flexibility index (Phi) is 3.90. The van der Waals surface area contributed by atoms with Crippen LogP contribution in [-0.2, 0) is 4.74 Å². The molecule has 0 radical (unpaired) electrons. The third-order valence-electron chi connectivity index (χ3n) is 4.48. The van der Waals surface area contributed by atoms with Gasteiger partial charge in [0.15, 0.2) is 11.5 Å². The second-order valence-corrected chi connectivity index (χ2v) is 6.33. The maximum Gasteiger partial charge on any atom is 0.178 e. The number of rotatable bonds is 3. The van der Waals surface area contributed by atoms with Crippen molar-refractivity contribution >= 4 is 11.5 Å². The first kappa shape index (κ1) is 15.1. The van der Waals surface area contributed by atoms with Gasteiger partial charge in [0.25, 0.3) is 0 Å². The van der Waals surface area contributed by atoms with Gasteiger partial charge in [0.1, 0.15) is 11.9 Å². The first-order chi connectivity index (χ1) is 11.7. The van der Waals surface area contributed by atoms with E-state index >= 15 is 0 Å². The van der Waals surface area contributed by atoms with Gasteiger partial charge in [-0.05, 0) is 44.4 Å². The summed E-state index contributed by atoms with van der Waals surface area (Å²) in [5.41, 5.74) is 3.22. The molecule has 1 aromatic carbocycles. The minimum absolute atomic E-state index is 0.0406. The van der Waals surface area contributed by atoms with Crippen LogP contribution in [0.5, 0.6) is 0 Å². The molecule has 0 unspecified atom stereocenters. The van der Waals surface area contributed by atoms with Crippen LogP contribution in [0.4, 0.5) is 5.82 Å². The third kappa shape index (κ3) is 2.85. The molecule has 0 amide bonds. The maximum atomic E-state index is 6.06. The summed E-state index contributed by atoms with van der Waals surface area (Å²) in [5, 5.41) is 16.3. The van der Waals surface area contributed by atoms with E-state index in [0.29, 0.717) is 0 Å². The number of nitrogens with zero attached hydrogens (tertiary/aromatic N) is 4. The Balaban J connectivity index is 1.60. The summed E-state index contributed by atoms with van der Waals surface area (Å²) in [6.07, 6.45) is 2.15. The van der Waals surface area contributed by atoms with Gasteiger partial charge in [0, 0.05) is 6.61 Å². The zero-order valence-electron chi connectivity index (χ0n) is 13.9. The number of aromatic nitrogens is 4. The van der Waals surface area contributed by atoms with Crippen LogP contribution >= 0.6 is 0 Å². The number of fused-ring (bicyclic) bond motifs is 1. The predicted molar refractivity (Wildman–Crippen MR) is 92.0 cm³/mol. The van der Waals surface area contributed by atoms with E-state index in [4.69, 9.17) is 4.74 Å². The van der Waals surface area contributed by atoms with Crippen LogP contribution in [0.3, 0.4) is 0 Å². The molecule has 24 heavy (non-hydrogen) atoms. The number of aryl methyl sites for hydroxylation is 2. The average Bonchev–Trinajstić information content (AvgIpc) is 2.97. The number of nitrogens with one attached hydrogen (secondary N) is 1. The van der Waals surface area contributed by atoms with Gasteiger partial charge in [0.05, 0.1) is 6.04 Å². The zero-order chi connectivity index (χ0) is 16.5. The lowest BCUT2D eigenvalue weighted by Crippen LogP contribution is -2.34. The zero-order valence-corrected chi connectivity index (χ0v) is 13.9. The molecule has 0 aliphatic carbocycles. The van der Waals surface area contributed by atoms with Crippen molar-refractivity contribution in [3.63, 3.8) is 0 Å². The van der Waals surface area contributed by atoms with E-state index in [2.05, 4.69) is 51.8 Å². The second kappa shape index (κ2) is 6.20. The molecule has 2 atom stereocenters.